The van der Waals surface area contributed by atoms with Crippen molar-refractivity contribution < 1.29 is 9.90 Å². The molecular formula is C22H29N9O2. The van der Waals surface area contributed by atoms with Gasteiger partial charge in [0.1, 0.15) is 17.2 Å². The minimum absolute atomic E-state index is 0.170. The highest BCUT2D eigenvalue weighted by molar-refractivity contribution is 6.03. The van der Waals surface area contributed by atoms with E-state index in [-0.39, 0.29) is 30.0 Å². The number of hydrazone groups is 1. The average molecular weight is 452 g/mol. The summed E-state index contributed by atoms with van der Waals surface area (Å²) in [6.45, 7) is 7.53. The van der Waals surface area contributed by atoms with E-state index >= 15 is 0 Å². The van der Waals surface area contributed by atoms with Crippen LogP contribution in [-0.4, -0.2) is 54.3 Å². The number of rotatable bonds is 7. The van der Waals surface area contributed by atoms with Gasteiger partial charge in [0.2, 0.25) is 0 Å². The van der Waals surface area contributed by atoms with Gasteiger partial charge in [0.15, 0.2) is 5.84 Å². The lowest BCUT2D eigenvalue weighted by molar-refractivity contribution is 0.102. The lowest BCUT2D eigenvalue weighted by atomic mass is 10.1. The number of aromatic nitrogens is 4. The smallest absolute Gasteiger partial charge is 0.275 e. The molecule has 3 aromatic heterocycles. The Morgan fingerprint density at radius 2 is 2.03 bits per heavy atom. The topological polar surface area (TPSA) is 161 Å². The van der Waals surface area contributed by atoms with Crippen molar-refractivity contribution in [3.8, 4) is 11.3 Å². The number of pyridine rings is 2. The van der Waals surface area contributed by atoms with E-state index in [0.29, 0.717) is 5.69 Å². The minimum atomic E-state index is -0.429. The molecule has 0 aliphatic rings. The van der Waals surface area contributed by atoms with E-state index in [1.54, 1.807) is 37.4 Å². The average Bonchev–Trinajstić information content (AvgIpc) is 3.30. The second kappa shape index (κ2) is 10.2. The predicted octanol–water partition coefficient (Wildman–Crippen LogP) is 1.66. The summed E-state index contributed by atoms with van der Waals surface area (Å²) in [6.07, 6.45) is 3.55. The van der Waals surface area contributed by atoms with Gasteiger partial charge in [0.25, 0.3) is 5.91 Å². The number of anilines is 1. The normalized spacial score (nSPS) is 12.6. The molecule has 11 nitrogen and oxygen atoms in total. The van der Waals surface area contributed by atoms with Gasteiger partial charge in [-0.1, -0.05) is 6.07 Å². The van der Waals surface area contributed by atoms with Crippen LogP contribution in [0.25, 0.3) is 11.3 Å². The third-order valence-corrected chi connectivity index (χ3v) is 5.07. The van der Waals surface area contributed by atoms with E-state index in [1.165, 1.54) is 5.01 Å². The molecule has 0 aliphatic carbocycles. The molecule has 3 aromatic rings. The van der Waals surface area contributed by atoms with Crippen LogP contribution in [0.5, 0.6) is 0 Å². The number of hydrogen-bond donors (Lipinski definition) is 4. The fourth-order valence-electron chi connectivity index (χ4n) is 3.06. The van der Waals surface area contributed by atoms with Crippen molar-refractivity contribution in [2.75, 3.05) is 11.9 Å². The van der Waals surface area contributed by atoms with Crippen LogP contribution in [0.3, 0.4) is 0 Å². The highest BCUT2D eigenvalue weighted by Gasteiger charge is 2.19. The van der Waals surface area contributed by atoms with E-state index < -0.39 is 11.9 Å². The number of nitrogens with one attached hydrogen (secondary N) is 1. The molecule has 1 amide bonds. The quantitative estimate of drug-likeness (QED) is 0.182. The fraction of sp³-hybridized carbons (Fsp3) is 0.318. The number of amidine groups is 1. The van der Waals surface area contributed by atoms with Gasteiger partial charge in [0, 0.05) is 24.0 Å². The van der Waals surface area contributed by atoms with Crippen molar-refractivity contribution in [3.63, 3.8) is 0 Å². The van der Waals surface area contributed by atoms with E-state index in [4.69, 9.17) is 11.7 Å². The molecule has 0 aliphatic heterocycles. The van der Waals surface area contributed by atoms with Crippen molar-refractivity contribution in [1.82, 2.24) is 24.8 Å². The zero-order valence-corrected chi connectivity index (χ0v) is 19.1. The number of aryl methyl sites for hydroxylation is 1. The van der Waals surface area contributed by atoms with Crippen LogP contribution < -0.4 is 17.0 Å². The first kappa shape index (κ1) is 23.8. The molecule has 6 N–H and O–H groups in total. The second-order valence-corrected chi connectivity index (χ2v) is 7.91. The highest BCUT2D eigenvalue weighted by Crippen LogP contribution is 2.23. The monoisotopic (exact) mass is 451 g/mol. The van der Waals surface area contributed by atoms with Crippen molar-refractivity contribution in [2.45, 2.75) is 39.8 Å². The molecule has 0 bridgehead atoms. The van der Waals surface area contributed by atoms with Gasteiger partial charge in [-0.2, -0.15) is 10.2 Å². The number of hydrogen-bond acceptors (Lipinski definition) is 8. The van der Waals surface area contributed by atoms with E-state index in [9.17, 15) is 9.90 Å². The zero-order valence-electron chi connectivity index (χ0n) is 19.1. The van der Waals surface area contributed by atoms with Gasteiger partial charge >= 0.3 is 0 Å². The number of aliphatic hydroxyl groups excluding tert-OH is 1. The Morgan fingerprint density at radius 3 is 2.67 bits per heavy atom. The fourth-order valence-corrected chi connectivity index (χ4v) is 3.06. The Labute approximate surface area is 192 Å². The number of hydrazine groups is 1. The number of amides is 1. The van der Waals surface area contributed by atoms with E-state index in [1.807, 2.05) is 37.7 Å². The maximum absolute atomic E-state index is 12.9. The Balaban J connectivity index is 1.84. The Morgan fingerprint density at radius 1 is 1.27 bits per heavy atom. The summed E-state index contributed by atoms with van der Waals surface area (Å²) >= 11 is 0. The molecule has 0 spiro atoms. The van der Waals surface area contributed by atoms with Crippen LogP contribution in [0.1, 0.15) is 48.6 Å². The largest absolute Gasteiger partial charge is 0.394 e. The molecule has 0 saturated heterocycles. The number of carbonyl (C=O) groups is 1. The minimum Gasteiger partial charge on any atom is -0.394 e. The maximum atomic E-state index is 12.9. The first-order valence-corrected chi connectivity index (χ1v) is 10.5. The molecular weight excluding hydrogens is 422 g/mol. The van der Waals surface area contributed by atoms with Crippen LogP contribution in [0.2, 0.25) is 0 Å². The molecule has 0 aromatic carbocycles. The lowest BCUT2D eigenvalue weighted by Gasteiger charge is -2.25. The molecule has 1 atom stereocenters. The highest BCUT2D eigenvalue weighted by atomic mass is 16.3. The molecule has 11 heteroatoms. The number of carbonyl (C=O) groups excluding carboxylic acids is 1. The standard InChI is InChI=1S/C22H29N9O2/c1-13(2)30-9-8-17(29-30)16-10-19(25-11-14(16)3)22(33)27-20-7-5-6-18(26-20)21(28-23)31(24)15(4)12-32/h5-11,13,15,32H,12,23-24H2,1-4H3,(H,26,27,33)/b28-21-. The molecule has 0 fully saturated rings. The summed E-state index contributed by atoms with van der Waals surface area (Å²) in [7, 11) is 0. The zero-order chi connectivity index (χ0) is 24.1. The molecule has 0 saturated carbocycles. The predicted molar refractivity (Wildman–Crippen MR) is 126 cm³/mol. The summed E-state index contributed by atoms with van der Waals surface area (Å²) in [5, 5.41) is 21.6. The molecule has 1 unspecified atom stereocenters. The second-order valence-electron chi connectivity index (χ2n) is 7.91. The summed E-state index contributed by atoms with van der Waals surface area (Å²) in [5.74, 6) is 11.5. The Bertz CT molecular complexity index is 1160. The molecule has 174 valence electrons. The van der Waals surface area contributed by atoms with E-state index in [0.717, 1.165) is 16.8 Å². The van der Waals surface area contributed by atoms with Gasteiger partial charge < -0.3 is 16.3 Å². The molecule has 0 radical (unpaired) electrons. The number of aliphatic hydroxyl groups is 1. The third-order valence-electron chi connectivity index (χ3n) is 5.07. The first-order chi connectivity index (χ1) is 15.7. The van der Waals surface area contributed by atoms with Crippen molar-refractivity contribution >= 4 is 17.6 Å². The number of nitrogens with two attached hydrogens (primary N) is 2. The summed E-state index contributed by atoms with van der Waals surface area (Å²) in [5.41, 5.74) is 3.07. The van der Waals surface area contributed by atoms with Gasteiger partial charge in [-0.25, -0.2) is 10.8 Å². The van der Waals surface area contributed by atoms with Crippen molar-refractivity contribution in [3.05, 3.63) is 59.7 Å². The lowest BCUT2D eigenvalue weighted by Crippen LogP contribution is -2.47. The Hall–Kier alpha value is -3.83. The Kier molecular flexibility index (Phi) is 7.36. The van der Waals surface area contributed by atoms with Gasteiger partial charge in [0.05, 0.1) is 18.3 Å². The van der Waals surface area contributed by atoms with Crippen LogP contribution in [0.4, 0.5) is 5.82 Å². The van der Waals surface area contributed by atoms with Crippen molar-refractivity contribution in [2.24, 2.45) is 16.8 Å². The van der Waals surface area contributed by atoms with Crippen LogP contribution in [0, 0.1) is 6.92 Å². The van der Waals surface area contributed by atoms with Crippen molar-refractivity contribution in [1.29, 1.82) is 0 Å². The summed E-state index contributed by atoms with van der Waals surface area (Å²) < 4.78 is 1.86. The third kappa shape index (κ3) is 5.33. The van der Waals surface area contributed by atoms with Crippen LogP contribution in [-0.2, 0) is 0 Å². The van der Waals surface area contributed by atoms with Gasteiger partial charge in [-0.15, -0.1) is 0 Å². The summed E-state index contributed by atoms with van der Waals surface area (Å²) in [4.78, 5) is 21.5. The summed E-state index contributed by atoms with van der Waals surface area (Å²) in [6, 6.07) is 8.39. The molecule has 3 rings (SSSR count). The van der Waals surface area contributed by atoms with Crippen LogP contribution in [0.15, 0.2) is 47.8 Å². The van der Waals surface area contributed by atoms with Gasteiger partial charge in [-0.05, 0) is 57.5 Å². The number of nitrogens with zero attached hydrogens (tertiary/aromatic N) is 6. The SMILES string of the molecule is Cc1cnc(C(=O)Nc2cccc(/C(=N/N)N(N)C(C)CO)n2)cc1-c1ccn(C(C)C)n1. The maximum Gasteiger partial charge on any atom is 0.275 e. The van der Waals surface area contributed by atoms with Crippen LogP contribution >= 0.6 is 0 Å². The first-order valence-electron chi connectivity index (χ1n) is 10.5. The van der Waals surface area contributed by atoms with Gasteiger partial charge in [-0.3, -0.25) is 19.5 Å². The molecule has 33 heavy (non-hydrogen) atoms. The molecule has 3 heterocycles. The van der Waals surface area contributed by atoms with E-state index in [2.05, 4.69) is 25.5 Å².